The number of thiocarbonyl (C=S) groups is 1. The van der Waals surface area contributed by atoms with E-state index in [1.54, 1.807) is 25.3 Å². The van der Waals surface area contributed by atoms with Crippen LogP contribution in [-0.4, -0.2) is 31.9 Å². The van der Waals surface area contributed by atoms with Crippen molar-refractivity contribution < 1.29 is 14.2 Å². The van der Waals surface area contributed by atoms with Crippen molar-refractivity contribution in [1.29, 1.82) is 0 Å². The van der Waals surface area contributed by atoms with Crippen molar-refractivity contribution in [3.63, 3.8) is 0 Å². The van der Waals surface area contributed by atoms with Crippen LogP contribution in [-0.2, 0) is 4.74 Å². The van der Waals surface area contributed by atoms with Crippen LogP contribution in [0.25, 0.3) is 0 Å². The Morgan fingerprint density at radius 1 is 1.21 bits per heavy atom. The van der Waals surface area contributed by atoms with E-state index >= 15 is 0 Å². The zero-order valence-electron chi connectivity index (χ0n) is 11.6. The normalized spacial score (nSPS) is 10.5. The highest BCUT2D eigenvalue weighted by Crippen LogP contribution is 2.22. The van der Waals surface area contributed by atoms with Gasteiger partial charge < -0.3 is 19.9 Å². The van der Waals surface area contributed by atoms with Gasteiger partial charge in [-0.05, 0) is 18.1 Å². The van der Waals surface area contributed by atoms with Crippen molar-refractivity contribution >= 4 is 17.2 Å². The summed E-state index contributed by atoms with van der Waals surface area (Å²) in [5.41, 5.74) is 6.34. The minimum Gasteiger partial charge on any atom is -0.497 e. The molecular weight excluding hydrogens is 262 g/mol. The Labute approximate surface area is 119 Å². The Hall–Kier alpha value is -1.33. The van der Waals surface area contributed by atoms with Crippen LogP contribution >= 0.6 is 12.2 Å². The maximum Gasteiger partial charge on any atom is 0.123 e. The Morgan fingerprint density at radius 2 is 1.89 bits per heavy atom. The van der Waals surface area contributed by atoms with Crippen molar-refractivity contribution in [3.8, 4) is 11.5 Å². The van der Waals surface area contributed by atoms with Gasteiger partial charge in [0, 0.05) is 18.2 Å². The van der Waals surface area contributed by atoms with Crippen LogP contribution in [0.3, 0.4) is 0 Å². The highest BCUT2D eigenvalue weighted by atomic mass is 32.1. The van der Waals surface area contributed by atoms with Crippen molar-refractivity contribution in [3.05, 3.63) is 23.8 Å². The van der Waals surface area contributed by atoms with E-state index in [9.17, 15) is 0 Å². The second kappa shape index (κ2) is 7.96. The van der Waals surface area contributed by atoms with Gasteiger partial charge >= 0.3 is 0 Å². The van der Waals surface area contributed by atoms with E-state index in [-0.39, 0.29) is 0 Å². The highest BCUT2D eigenvalue weighted by molar-refractivity contribution is 7.80. The fourth-order valence-electron chi connectivity index (χ4n) is 1.45. The lowest BCUT2D eigenvalue weighted by Crippen LogP contribution is -2.12. The Kier molecular flexibility index (Phi) is 6.59. The molecule has 106 valence electrons. The average molecular weight is 283 g/mol. The number of methoxy groups -OCH3 is 1. The van der Waals surface area contributed by atoms with Gasteiger partial charge in [-0.1, -0.05) is 26.1 Å². The third kappa shape index (κ3) is 5.89. The third-order valence-electron chi connectivity index (χ3n) is 2.35. The largest absolute Gasteiger partial charge is 0.497 e. The molecule has 0 amide bonds. The van der Waals surface area contributed by atoms with Gasteiger partial charge in [-0.3, -0.25) is 0 Å². The van der Waals surface area contributed by atoms with Gasteiger partial charge in [-0.2, -0.15) is 0 Å². The van der Waals surface area contributed by atoms with Crippen LogP contribution in [0.2, 0.25) is 0 Å². The van der Waals surface area contributed by atoms with Gasteiger partial charge in [-0.15, -0.1) is 0 Å². The minimum atomic E-state index is 0.319. The van der Waals surface area contributed by atoms with E-state index in [1.165, 1.54) is 0 Å². The predicted molar refractivity (Wildman–Crippen MR) is 80.0 cm³/mol. The summed E-state index contributed by atoms with van der Waals surface area (Å²) < 4.78 is 16.2. The molecule has 0 aromatic heterocycles. The van der Waals surface area contributed by atoms with Gasteiger partial charge in [0.1, 0.15) is 23.1 Å². The lowest BCUT2D eigenvalue weighted by atomic mass is 10.2. The summed E-state index contributed by atoms with van der Waals surface area (Å²) in [5, 5.41) is 0. The van der Waals surface area contributed by atoms with E-state index in [0.29, 0.717) is 35.6 Å². The molecule has 1 aromatic rings. The molecule has 4 nitrogen and oxygen atoms in total. The molecule has 2 N–H and O–H groups in total. The van der Waals surface area contributed by atoms with E-state index in [4.69, 9.17) is 32.2 Å². The average Bonchev–Trinajstić information content (AvgIpc) is 2.37. The first-order chi connectivity index (χ1) is 9.02. The zero-order chi connectivity index (χ0) is 14.3. The summed E-state index contributed by atoms with van der Waals surface area (Å²) in [4.78, 5) is 0.319. The summed E-state index contributed by atoms with van der Waals surface area (Å²) >= 11 is 4.95. The first-order valence-electron chi connectivity index (χ1n) is 6.22. The summed E-state index contributed by atoms with van der Waals surface area (Å²) in [6.07, 6.45) is 0. The number of hydrogen-bond donors (Lipinski definition) is 1. The van der Waals surface area contributed by atoms with E-state index in [2.05, 4.69) is 13.8 Å². The molecule has 0 bridgehead atoms. The molecular formula is C14H21NO3S. The number of ether oxygens (including phenoxy) is 3. The number of nitrogens with two attached hydrogens (primary N) is 1. The topological polar surface area (TPSA) is 53.7 Å². The fraction of sp³-hybridized carbons (Fsp3) is 0.500. The van der Waals surface area contributed by atoms with Crippen molar-refractivity contribution in [2.45, 2.75) is 13.8 Å². The van der Waals surface area contributed by atoms with Gasteiger partial charge in [0.05, 0.1) is 13.7 Å². The van der Waals surface area contributed by atoms with Crippen LogP contribution in [0.5, 0.6) is 11.5 Å². The Bertz CT molecular complexity index is 421. The zero-order valence-corrected chi connectivity index (χ0v) is 12.5. The molecule has 19 heavy (non-hydrogen) atoms. The molecule has 0 aliphatic heterocycles. The molecule has 0 unspecified atom stereocenters. The standard InChI is InChI=1S/C14H21NO3S/c1-10(2)9-17-4-5-18-13-7-11(14(15)19)6-12(8-13)16-3/h6-8,10H,4-5,9H2,1-3H3,(H2,15,19). The summed E-state index contributed by atoms with van der Waals surface area (Å²) in [7, 11) is 1.59. The molecule has 0 saturated heterocycles. The van der Waals surface area contributed by atoms with Gasteiger partial charge in [0.2, 0.25) is 0 Å². The van der Waals surface area contributed by atoms with E-state index in [0.717, 1.165) is 12.2 Å². The second-order valence-corrected chi connectivity index (χ2v) is 5.02. The lowest BCUT2D eigenvalue weighted by molar-refractivity contribution is 0.0818. The highest BCUT2D eigenvalue weighted by Gasteiger charge is 2.04. The molecule has 0 radical (unpaired) electrons. The third-order valence-corrected chi connectivity index (χ3v) is 2.58. The molecule has 0 saturated carbocycles. The second-order valence-electron chi connectivity index (χ2n) is 4.58. The van der Waals surface area contributed by atoms with Crippen molar-refractivity contribution in [2.75, 3.05) is 26.9 Å². The molecule has 0 aliphatic carbocycles. The van der Waals surface area contributed by atoms with Crippen molar-refractivity contribution in [2.24, 2.45) is 11.7 Å². The summed E-state index contributed by atoms with van der Waals surface area (Å²) in [6, 6.07) is 5.38. The molecule has 0 atom stereocenters. The molecule has 1 aromatic carbocycles. The molecule has 5 heteroatoms. The SMILES string of the molecule is COc1cc(OCCOCC(C)C)cc(C(N)=S)c1. The number of rotatable bonds is 8. The quantitative estimate of drug-likeness (QED) is 0.586. The molecule has 0 spiro atoms. The maximum atomic E-state index is 5.61. The van der Waals surface area contributed by atoms with Crippen LogP contribution in [0.4, 0.5) is 0 Å². The molecule has 0 fully saturated rings. The Morgan fingerprint density at radius 3 is 2.47 bits per heavy atom. The fourth-order valence-corrected chi connectivity index (χ4v) is 1.57. The van der Waals surface area contributed by atoms with E-state index < -0.39 is 0 Å². The van der Waals surface area contributed by atoms with E-state index in [1.807, 2.05) is 0 Å². The smallest absolute Gasteiger partial charge is 0.123 e. The lowest BCUT2D eigenvalue weighted by Gasteiger charge is -2.11. The van der Waals surface area contributed by atoms with Gasteiger partial charge in [0.25, 0.3) is 0 Å². The molecule has 0 aliphatic rings. The van der Waals surface area contributed by atoms with Crippen LogP contribution in [0.1, 0.15) is 19.4 Å². The van der Waals surface area contributed by atoms with Crippen LogP contribution in [0.15, 0.2) is 18.2 Å². The number of hydrogen-bond acceptors (Lipinski definition) is 4. The summed E-state index contributed by atoms with van der Waals surface area (Å²) in [6.45, 7) is 5.99. The van der Waals surface area contributed by atoms with Gasteiger partial charge in [0.15, 0.2) is 0 Å². The monoisotopic (exact) mass is 283 g/mol. The Balaban J connectivity index is 2.53. The molecule has 1 rings (SSSR count). The maximum absolute atomic E-state index is 5.61. The minimum absolute atomic E-state index is 0.319. The first kappa shape index (κ1) is 15.7. The van der Waals surface area contributed by atoms with Crippen LogP contribution < -0.4 is 15.2 Å². The summed E-state index contributed by atoms with van der Waals surface area (Å²) in [5.74, 6) is 1.87. The van der Waals surface area contributed by atoms with Crippen molar-refractivity contribution in [1.82, 2.24) is 0 Å². The van der Waals surface area contributed by atoms with Gasteiger partial charge in [-0.25, -0.2) is 0 Å². The predicted octanol–water partition coefficient (Wildman–Crippen LogP) is 2.38. The number of benzene rings is 1. The van der Waals surface area contributed by atoms with Crippen LogP contribution in [0, 0.1) is 5.92 Å². The molecule has 0 heterocycles. The first-order valence-corrected chi connectivity index (χ1v) is 6.63.